The number of benzene rings is 1. The van der Waals surface area contributed by atoms with Gasteiger partial charge in [0.2, 0.25) is 0 Å². The Morgan fingerprint density at radius 3 is 2.41 bits per heavy atom. The number of hydrogen-bond donors (Lipinski definition) is 0. The van der Waals surface area contributed by atoms with Crippen LogP contribution in [0.25, 0.3) is 11.1 Å². The van der Waals surface area contributed by atoms with Gasteiger partial charge in [0.05, 0.1) is 17.9 Å². The van der Waals surface area contributed by atoms with Gasteiger partial charge < -0.3 is 4.74 Å². The van der Waals surface area contributed by atoms with E-state index in [2.05, 4.69) is 44.2 Å². The lowest BCUT2D eigenvalue weighted by Crippen LogP contribution is -2.33. The van der Waals surface area contributed by atoms with Gasteiger partial charge in [0.15, 0.2) is 0 Å². The second-order valence-corrected chi connectivity index (χ2v) is 7.59. The van der Waals surface area contributed by atoms with Gasteiger partial charge in [-0.25, -0.2) is 0 Å². The average Bonchev–Trinajstić information content (AvgIpc) is 2.96. The van der Waals surface area contributed by atoms with Crippen LogP contribution in [0.2, 0.25) is 0 Å². The summed E-state index contributed by atoms with van der Waals surface area (Å²) in [7, 11) is 1.74. The fraction of sp³-hybridized carbons (Fsp3) is 0.500. The van der Waals surface area contributed by atoms with Gasteiger partial charge in [-0.1, -0.05) is 50.6 Å². The Morgan fingerprint density at radius 1 is 1.07 bits per heavy atom. The van der Waals surface area contributed by atoms with Gasteiger partial charge >= 0.3 is 0 Å². The topological polar surface area (TPSA) is 45.9 Å². The summed E-state index contributed by atoms with van der Waals surface area (Å²) in [5.74, 6) is 0. The van der Waals surface area contributed by atoms with Crippen molar-refractivity contribution in [2.24, 2.45) is 0 Å². The van der Waals surface area contributed by atoms with E-state index in [4.69, 9.17) is 9.72 Å². The van der Waals surface area contributed by atoms with Gasteiger partial charge in [0.25, 0.3) is 0 Å². The van der Waals surface area contributed by atoms with E-state index in [1.54, 1.807) is 7.11 Å². The minimum atomic E-state index is -0.218. The highest BCUT2D eigenvalue weighted by Gasteiger charge is 2.35. The smallest absolute Gasteiger partial charge is 0.102 e. The number of rotatable bonds is 6. The van der Waals surface area contributed by atoms with E-state index in [9.17, 15) is 5.26 Å². The first kappa shape index (κ1) is 19.6. The molecule has 0 amide bonds. The lowest BCUT2D eigenvalue weighted by molar-refractivity contribution is 0.120. The molecule has 3 rings (SSSR count). The number of hydrogen-bond acceptors (Lipinski definition) is 3. The molecule has 0 N–H and O–H groups in total. The highest BCUT2D eigenvalue weighted by molar-refractivity contribution is 5.76. The number of ether oxygens (including phenoxy) is 1. The van der Waals surface area contributed by atoms with Crippen LogP contribution in [-0.2, 0) is 23.0 Å². The Morgan fingerprint density at radius 2 is 1.78 bits per heavy atom. The van der Waals surface area contributed by atoms with Crippen LogP contribution in [0.1, 0.15) is 68.5 Å². The standard InChI is InChI=1S/C24H30N2O/c1-4-24(5-2,17-27-3)23-20(16-25)22(18-12-8-6-9-13-18)19-14-10-7-11-15-21(19)26-23/h6,8-9,12-13H,4-5,7,10-11,14-15,17H2,1-3H3. The SMILES string of the molecule is CCC(CC)(COC)c1nc2c(c(-c3ccccc3)c1C#N)CCCCC2. The quantitative estimate of drug-likeness (QED) is 0.629. The van der Waals surface area contributed by atoms with E-state index >= 15 is 0 Å². The first-order valence-corrected chi connectivity index (χ1v) is 10.2. The molecule has 1 heterocycles. The molecule has 0 saturated heterocycles. The van der Waals surface area contributed by atoms with Crippen molar-refractivity contribution < 1.29 is 4.74 Å². The van der Waals surface area contributed by atoms with Crippen molar-refractivity contribution >= 4 is 0 Å². The molecule has 0 saturated carbocycles. The maximum absolute atomic E-state index is 10.2. The van der Waals surface area contributed by atoms with Gasteiger partial charge in [-0.05, 0) is 49.7 Å². The predicted octanol–water partition coefficient (Wildman–Crippen LogP) is 5.59. The second-order valence-electron chi connectivity index (χ2n) is 7.59. The molecule has 1 aromatic heterocycles. The summed E-state index contributed by atoms with van der Waals surface area (Å²) in [6.07, 6.45) is 7.41. The van der Waals surface area contributed by atoms with E-state index in [0.717, 1.165) is 48.1 Å². The Labute approximate surface area is 163 Å². The highest BCUT2D eigenvalue weighted by atomic mass is 16.5. The lowest BCUT2D eigenvalue weighted by atomic mass is 9.75. The Bertz CT molecular complexity index is 817. The minimum absolute atomic E-state index is 0.218. The number of aromatic nitrogens is 1. The zero-order chi connectivity index (χ0) is 19.3. The Balaban J connectivity index is 2.36. The third-order valence-corrected chi connectivity index (χ3v) is 6.17. The van der Waals surface area contributed by atoms with E-state index in [0.29, 0.717) is 6.61 Å². The summed E-state index contributed by atoms with van der Waals surface area (Å²) in [5.41, 5.74) is 6.21. The zero-order valence-electron chi connectivity index (χ0n) is 16.8. The predicted molar refractivity (Wildman–Crippen MR) is 110 cm³/mol. The van der Waals surface area contributed by atoms with Gasteiger partial charge in [-0.15, -0.1) is 0 Å². The summed E-state index contributed by atoms with van der Waals surface area (Å²) in [5, 5.41) is 10.2. The van der Waals surface area contributed by atoms with Crippen LogP contribution in [0.4, 0.5) is 0 Å². The van der Waals surface area contributed by atoms with Crippen molar-refractivity contribution in [3.8, 4) is 17.2 Å². The molecule has 0 atom stereocenters. The molecule has 27 heavy (non-hydrogen) atoms. The number of pyridine rings is 1. The molecule has 3 nitrogen and oxygen atoms in total. The normalized spacial score (nSPS) is 14.3. The van der Waals surface area contributed by atoms with Crippen LogP contribution >= 0.6 is 0 Å². The second kappa shape index (κ2) is 8.67. The summed E-state index contributed by atoms with van der Waals surface area (Å²) < 4.78 is 5.61. The van der Waals surface area contributed by atoms with Crippen molar-refractivity contribution in [3.63, 3.8) is 0 Å². The van der Waals surface area contributed by atoms with Gasteiger partial charge in [-0.2, -0.15) is 5.26 Å². The first-order valence-electron chi connectivity index (χ1n) is 10.2. The van der Waals surface area contributed by atoms with Crippen LogP contribution in [0.3, 0.4) is 0 Å². The molecule has 0 unspecified atom stereocenters. The summed E-state index contributed by atoms with van der Waals surface area (Å²) in [6, 6.07) is 12.9. The van der Waals surface area contributed by atoms with Gasteiger partial charge in [0, 0.05) is 23.8 Å². The Hall–Kier alpha value is -2.18. The number of aryl methyl sites for hydroxylation is 1. The average molecular weight is 363 g/mol. The minimum Gasteiger partial charge on any atom is -0.384 e. The van der Waals surface area contributed by atoms with Crippen LogP contribution < -0.4 is 0 Å². The van der Waals surface area contributed by atoms with Crippen LogP contribution in [-0.4, -0.2) is 18.7 Å². The lowest BCUT2D eigenvalue weighted by Gasteiger charge is -2.33. The summed E-state index contributed by atoms with van der Waals surface area (Å²) in [6.45, 7) is 4.95. The summed E-state index contributed by atoms with van der Waals surface area (Å²) in [4.78, 5) is 5.16. The number of nitriles is 1. The van der Waals surface area contributed by atoms with Crippen LogP contribution in [0, 0.1) is 11.3 Å². The first-order chi connectivity index (χ1) is 13.2. The van der Waals surface area contributed by atoms with Crippen LogP contribution in [0.5, 0.6) is 0 Å². The number of fused-ring (bicyclic) bond motifs is 1. The highest BCUT2D eigenvalue weighted by Crippen LogP contribution is 2.40. The molecule has 1 aliphatic rings. The molecular formula is C24H30N2O. The fourth-order valence-electron chi connectivity index (χ4n) is 4.47. The van der Waals surface area contributed by atoms with Crippen molar-refractivity contribution in [1.82, 2.24) is 4.98 Å². The van der Waals surface area contributed by atoms with Crippen LogP contribution in [0.15, 0.2) is 30.3 Å². The molecule has 0 fully saturated rings. The van der Waals surface area contributed by atoms with Crippen molar-refractivity contribution in [2.45, 2.75) is 64.2 Å². The Kier molecular flexibility index (Phi) is 6.29. The third kappa shape index (κ3) is 3.64. The molecule has 1 aliphatic carbocycles. The van der Waals surface area contributed by atoms with E-state index in [1.165, 1.54) is 30.5 Å². The molecule has 3 heteroatoms. The van der Waals surface area contributed by atoms with Gasteiger partial charge in [0.1, 0.15) is 6.07 Å². The van der Waals surface area contributed by atoms with Gasteiger partial charge in [-0.3, -0.25) is 4.98 Å². The van der Waals surface area contributed by atoms with Crippen molar-refractivity contribution in [1.29, 1.82) is 5.26 Å². The summed E-state index contributed by atoms with van der Waals surface area (Å²) >= 11 is 0. The maximum Gasteiger partial charge on any atom is 0.102 e. The molecule has 142 valence electrons. The molecular weight excluding hydrogens is 332 g/mol. The molecule has 0 aliphatic heterocycles. The van der Waals surface area contributed by atoms with E-state index in [1.807, 2.05) is 6.07 Å². The molecule has 2 aromatic rings. The maximum atomic E-state index is 10.2. The molecule has 1 aromatic carbocycles. The van der Waals surface area contributed by atoms with Crippen molar-refractivity contribution in [2.75, 3.05) is 13.7 Å². The molecule has 0 radical (unpaired) electrons. The monoisotopic (exact) mass is 362 g/mol. The number of nitrogens with zero attached hydrogens (tertiary/aromatic N) is 2. The van der Waals surface area contributed by atoms with E-state index in [-0.39, 0.29) is 5.41 Å². The fourth-order valence-corrected chi connectivity index (χ4v) is 4.47. The zero-order valence-corrected chi connectivity index (χ0v) is 16.8. The van der Waals surface area contributed by atoms with Crippen molar-refractivity contribution in [3.05, 3.63) is 52.8 Å². The van der Waals surface area contributed by atoms with E-state index < -0.39 is 0 Å². The third-order valence-electron chi connectivity index (χ3n) is 6.17. The number of methoxy groups -OCH3 is 1. The largest absolute Gasteiger partial charge is 0.384 e. The molecule has 0 spiro atoms. The molecule has 0 bridgehead atoms.